The molecule has 1 aromatic rings. The van der Waals surface area contributed by atoms with Gasteiger partial charge in [-0.15, -0.1) is 0 Å². The Kier molecular flexibility index (Phi) is 7.34. The van der Waals surface area contributed by atoms with Gasteiger partial charge in [0, 0.05) is 12.6 Å². The van der Waals surface area contributed by atoms with Crippen molar-refractivity contribution < 1.29 is 19.1 Å². The third-order valence-electron chi connectivity index (χ3n) is 3.04. The third kappa shape index (κ3) is 5.47. The van der Waals surface area contributed by atoms with E-state index in [9.17, 15) is 9.59 Å². The van der Waals surface area contributed by atoms with Crippen molar-refractivity contribution in [3.8, 4) is 17.6 Å². The first-order chi connectivity index (χ1) is 11.0. The molecule has 0 aromatic heterocycles. The first-order valence-corrected chi connectivity index (χ1v) is 7.18. The first-order valence-electron chi connectivity index (χ1n) is 7.18. The van der Waals surface area contributed by atoms with Gasteiger partial charge in [0.25, 0.3) is 0 Å². The highest BCUT2D eigenvalue weighted by molar-refractivity contribution is 6.10. The Hall–Kier alpha value is -2.81. The van der Waals surface area contributed by atoms with Crippen LogP contribution < -0.4 is 14.8 Å². The third-order valence-corrected chi connectivity index (χ3v) is 3.04. The molecule has 0 fully saturated rings. The average Bonchev–Trinajstić information content (AvgIpc) is 2.58. The van der Waals surface area contributed by atoms with Crippen LogP contribution in [0.4, 0.5) is 0 Å². The molecule has 0 aliphatic rings. The minimum Gasteiger partial charge on any atom is -0.497 e. The molecule has 1 unspecified atom stereocenters. The van der Waals surface area contributed by atoms with Gasteiger partial charge in [-0.05, 0) is 30.2 Å². The smallest absolute Gasteiger partial charge is 0.245 e. The summed E-state index contributed by atoms with van der Waals surface area (Å²) in [4.78, 5) is 23.8. The fourth-order valence-corrected chi connectivity index (χ4v) is 1.80. The number of hydrogen-bond acceptors (Lipinski definition) is 5. The highest BCUT2D eigenvalue weighted by atomic mass is 16.5. The second-order valence-corrected chi connectivity index (χ2v) is 4.73. The molecule has 0 heterocycles. The van der Waals surface area contributed by atoms with Crippen molar-refractivity contribution in [2.75, 3.05) is 20.8 Å². The van der Waals surface area contributed by atoms with E-state index in [0.717, 1.165) is 6.42 Å². The molecule has 0 aliphatic carbocycles. The zero-order valence-corrected chi connectivity index (χ0v) is 13.5. The summed E-state index contributed by atoms with van der Waals surface area (Å²) in [6.07, 6.45) is 3.47. The standard InChI is InChI=1S/C17H20N2O4/c1-4-7-19-17(21)15(11-18)16(20)6-5-12-8-13(22-2)10-14(9-12)23-3/h5-6,8-10,15H,4,7H2,1-3H3,(H,19,21)/b6-5+. The topological polar surface area (TPSA) is 88.4 Å². The van der Waals surface area contributed by atoms with Crippen LogP contribution in [0.3, 0.4) is 0 Å². The Labute approximate surface area is 135 Å². The Morgan fingerprint density at radius 3 is 2.35 bits per heavy atom. The minimum absolute atomic E-state index is 0.432. The van der Waals surface area contributed by atoms with Crippen molar-refractivity contribution in [1.82, 2.24) is 5.32 Å². The summed E-state index contributed by atoms with van der Waals surface area (Å²) in [7, 11) is 3.05. The number of ketones is 1. The van der Waals surface area contributed by atoms with Gasteiger partial charge in [-0.2, -0.15) is 5.26 Å². The zero-order valence-electron chi connectivity index (χ0n) is 13.5. The van der Waals surface area contributed by atoms with Crippen LogP contribution in [0.5, 0.6) is 11.5 Å². The molecule has 6 nitrogen and oxygen atoms in total. The average molecular weight is 316 g/mol. The second kappa shape index (κ2) is 9.26. The summed E-state index contributed by atoms with van der Waals surface area (Å²) < 4.78 is 10.3. The molecule has 1 amide bonds. The molecule has 1 aromatic carbocycles. The number of nitriles is 1. The van der Waals surface area contributed by atoms with E-state index in [4.69, 9.17) is 14.7 Å². The Morgan fingerprint density at radius 2 is 1.87 bits per heavy atom. The number of amides is 1. The number of carbonyl (C=O) groups is 2. The SMILES string of the molecule is CCCNC(=O)C(C#N)C(=O)/C=C/c1cc(OC)cc(OC)c1. The molecule has 23 heavy (non-hydrogen) atoms. The monoisotopic (exact) mass is 316 g/mol. The molecule has 1 N–H and O–H groups in total. The normalized spacial score (nSPS) is 11.6. The summed E-state index contributed by atoms with van der Waals surface area (Å²) in [5, 5.41) is 11.6. The molecule has 0 saturated heterocycles. The summed E-state index contributed by atoms with van der Waals surface area (Å²) in [6, 6.07) is 6.86. The lowest BCUT2D eigenvalue weighted by atomic mass is 10.0. The number of benzene rings is 1. The minimum atomic E-state index is -1.34. The maximum atomic E-state index is 12.0. The molecule has 0 radical (unpaired) electrons. The van der Waals surface area contributed by atoms with Crippen molar-refractivity contribution in [3.05, 3.63) is 29.8 Å². The number of nitrogens with one attached hydrogen (secondary N) is 1. The Morgan fingerprint density at radius 1 is 1.26 bits per heavy atom. The van der Waals surface area contributed by atoms with Crippen molar-refractivity contribution >= 4 is 17.8 Å². The van der Waals surface area contributed by atoms with Gasteiger partial charge in [-0.1, -0.05) is 13.0 Å². The number of rotatable bonds is 8. The lowest BCUT2D eigenvalue weighted by Gasteiger charge is -2.07. The van der Waals surface area contributed by atoms with Crippen LogP contribution in [0.25, 0.3) is 6.08 Å². The van der Waals surface area contributed by atoms with E-state index in [0.29, 0.717) is 23.6 Å². The number of nitrogens with zero attached hydrogens (tertiary/aromatic N) is 1. The second-order valence-electron chi connectivity index (χ2n) is 4.73. The molecule has 0 spiro atoms. The molecule has 0 aliphatic heterocycles. The van der Waals surface area contributed by atoms with E-state index in [1.54, 1.807) is 24.3 Å². The number of hydrogen-bond donors (Lipinski definition) is 1. The maximum absolute atomic E-state index is 12.0. The number of allylic oxidation sites excluding steroid dienone is 1. The van der Waals surface area contributed by atoms with E-state index >= 15 is 0 Å². The van der Waals surface area contributed by atoms with Gasteiger partial charge < -0.3 is 14.8 Å². The van der Waals surface area contributed by atoms with Crippen LogP contribution in [0.1, 0.15) is 18.9 Å². The molecule has 1 rings (SSSR count). The number of carbonyl (C=O) groups excluding carboxylic acids is 2. The fraction of sp³-hybridized carbons (Fsp3) is 0.353. The van der Waals surface area contributed by atoms with Gasteiger partial charge in [0.05, 0.1) is 20.3 Å². The van der Waals surface area contributed by atoms with Gasteiger partial charge >= 0.3 is 0 Å². The van der Waals surface area contributed by atoms with Crippen molar-refractivity contribution in [3.63, 3.8) is 0 Å². The van der Waals surface area contributed by atoms with Gasteiger partial charge in [-0.3, -0.25) is 9.59 Å². The van der Waals surface area contributed by atoms with Crippen molar-refractivity contribution in [2.24, 2.45) is 5.92 Å². The van der Waals surface area contributed by atoms with E-state index < -0.39 is 17.6 Å². The summed E-state index contributed by atoms with van der Waals surface area (Å²) >= 11 is 0. The molecule has 0 bridgehead atoms. The Balaban J connectivity index is 2.88. The quantitative estimate of drug-likeness (QED) is 0.585. The van der Waals surface area contributed by atoms with Crippen LogP contribution in [0.2, 0.25) is 0 Å². The van der Waals surface area contributed by atoms with Crippen LogP contribution in [0, 0.1) is 17.2 Å². The van der Waals surface area contributed by atoms with E-state index in [1.807, 2.05) is 6.92 Å². The van der Waals surface area contributed by atoms with Gasteiger partial charge in [0.1, 0.15) is 11.5 Å². The van der Waals surface area contributed by atoms with E-state index in [-0.39, 0.29) is 0 Å². The van der Waals surface area contributed by atoms with Crippen LogP contribution in [0.15, 0.2) is 24.3 Å². The lowest BCUT2D eigenvalue weighted by Crippen LogP contribution is -2.34. The number of methoxy groups -OCH3 is 2. The highest BCUT2D eigenvalue weighted by Crippen LogP contribution is 2.23. The van der Waals surface area contributed by atoms with Gasteiger partial charge in [0.15, 0.2) is 11.7 Å². The highest BCUT2D eigenvalue weighted by Gasteiger charge is 2.23. The van der Waals surface area contributed by atoms with Gasteiger partial charge in [0.2, 0.25) is 5.91 Å². The lowest BCUT2D eigenvalue weighted by molar-refractivity contribution is -0.129. The zero-order chi connectivity index (χ0) is 17.2. The molecule has 0 saturated carbocycles. The summed E-state index contributed by atoms with van der Waals surface area (Å²) in [6.45, 7) is 2.32. The summed E-state index contributed by atoms with van der Waals surface area (Å²) in [5.41, 5.74) is 0.667. The predicted molar refractivity (Wildman–Crippen MR) is 86.0 cm³/mol. The molecule has 122 valence electrons. The van der Waals surface area contributed by atoms with Crippen molar-refractivity contribution in [2.45, 2.75) is 13.3 Å². The van der Waals surface area contributed by atoms with E-state index in [1.165, 1.54) is 26.4 Å². The predicted octanol–water partition coefficient (Wildman–Crippen LogP) is 1.95. The molecule has 6 heteroatoms. The van der Waals surface area contributed by atoms with Crippen LogP contribution >= 0.6 is 0 Å². The largest absolute Gasteiger partial charge is 0.497 e. The summed E-state index contributed by atoms with van der Waals surface area (Å²) in [5.74, 6) is -1.33. The van der Waals surface area contributed by atoms with Gasteiger partial charge in [-0.25, -0.2) is 0 Å². The maximum Gasteiger partial charge on any atom is 0.245 e. The first kappa shape index (κ1) is 18.2. The molecular formula is C17H20N2O4. The number of ether oxygens (including phenoxy) is 2. The van der Waals surface area contributed by atoms with Crippen LogP contribution in [-0.2, 0) is 9.59 Å². The molecular weight excluding hydrogens is 296 g/mol. The molecule has 1 atom stereocenters. The fourth-order valence-electron chi connectivity index (χ4n) is 1.80. The van der Waals surface area contributed by atoms with Crippen LogP contribution in [-0.4, -0.2) is 32.5 Å². The Bertz CT molecular complexity index is 610. The van der Waals surface area contributed by atoms with E-state index in [2.05, 4.69) is 5.32 Å². The van der Waals surface area contributed by atoms with Crippen molar-refractivity contribution in [1.29, 1.82) is 5.26 Å².